The van der Waals surface area contributed by atoms with Crippen molar-refractivity contribution in [2.45, 2.75) is 18.6 Å². The van der Waals surface area contributed by atoms with Gasteiger partial charge in [0.05, 0.1) is 6.54 Å². The SMILES string of the molecule is O=C(O)N1CCCC(O)(O)C1. The first-order chi connectivity index (χ1) is 5.01. The van der Waals surface area contributed by atoms with Crippen molar-refractivity contribution < 1.29 is 20.1 Å². The smallest absolute Gasteiger partial charge is 0.407 e. The summed E-state index contributed by atoms with van der Waals surface area (Å²) in [5.41, 5.74) is 0. The zero-order valence-electron chi connectivity index (χ0n) is 6.03. The van der Waals surface area contributed by atoms with Crippen LogP contribution in [0.3, 0.4) is 0 Å². The van der Waals surface area contributed by atoms with Gasteiger partial charge in [-0.25, -0.2) is 4.79 Å². The molecule has 0 atom stereocenters. The maximum Gasteiger partial charge on any atom is 0.407 e. The molecule has 0 aromatic carbocycles. The molecule has 1 fully saturated rings. The Morgan fingerprint density at radius 2 is 2.09 bits per heavy atom. The molecule has 64 valence electrons. The molecule has 0 unspecified atom stereocenters. The second kappa shape index (κ2) is 2.67. The van der Waals surface area contributed by atoms with E-state index in [-0.39, 0.29) is 13.0 Å². The van der Waals surface area contributed by atoms with Gasteiger partial charge in [0, 0.05) is 13.0 Å². The fourth-order valence-corrected chi connectivity index (χ4v) is 1.18. The zero-order valence-corrected chi connectivity index (χ0v) is 6.03. The largest absolute Gasteiger partial charge is 0.465 e. The average Bonchev–Trinajstić information content (AvgIpc) is 1.85. The fraction of sp³-hybridized carbons (Fsp3) is 0.833. The number of likely N-dealkylation sites (tertiary alicyclic amines) is 1. The Morgan fingerprint density at radius 1 is 1.45 bits per heavy atom. The van der Waals surface area contributed by atoms with Crippen molar-refractivity contribution in [1.29, 1.82) is 0 Å². The van der Waals surface area contributed by atoms with E-state index in [1.807, 2.05) is 0 Å². The Balaban J connectivity index is 2.53. The molecule has 0 saturated carbocycles. The van der Waals surface area contributed by atoms with Crippen LogP contribution < -0.4 is 0 Å². The van der Waals surface area contributed by atoms with Crippen molar-refractivity contribution in [2.75, 3.05) is 13.1 Å². The van der Waals surface area contributed by atoms with Crippen LogP contribution in [0.4, 0.5) is 4.79 Å². The normalized spacial score (nSPS) is 23.3. The summed E-state index contributed by atoms with van der Waals surface area (Å²) in [6.07, 6.45) is -0.354. The first-order valence-corrected chi connectivity index (χ1v) is 3.44. The van der Waals surface area contributed by atoms with E-state index in [9.17, 15) is 4.79 Å². The first-order valence-electron chi connectivity index (χ1n) is 3.44. The molecule has 1 heterocycles. The molecule has 0 aromatic rings. The molecule has 5 nitrogen and oxygen atoms in total. The van der Waals surface area contributed by atoms with Crippen molar-refractivity contribution >= 4 is 6.09 Å². The van der Waals surface area contributed by atoms with Crippen molar-refractivity contribution in [3.05, 3.63) is 0 Å². The minimum atomic E-state index is -1.82. The summed E-state index contributed by atoms with van der Waals surface area (Å²) in [4.78, 5) is 11.3. The Bertz CT molecular complexity index is 168. The number of piperidine rings is 1. The van der Waals surface area contributed by atoms with E-state index in [0.717, 1.165) is 4.90 Å². The molecule has 3 N–H and O–H groups in total. The highest BCUT2D eigenvalue weighted by atomic mass is 16.5. The number of amides is 1. The lowest BCUT2D eigenvalue weighted by atomic mass is 10.1. The van der Waals surface area contributed by atoms with Crippen LogP contribution in [-0.2, 0) is 0 Å². The van der Waals surface area contributed by atoms with E-state index < -0.39 is 11.9 Å². The van der Waals surface area contributed by atoms with Crippen LogP contribution in [0.25, 0.3) is 0 Å². The van der Waals surface area contributed by atoms with Crippen molar-refractivity contribution in [2.24, 2.45) is 0 Å². The molecule has 0 aliphatic carbocycles. The van der Waals surface area contributed by atoms with Gasteiger partial charge in [0.2, 0.25) is 0 Å². The highest BCUT2D eigenvalue weighted by Gasteiger charge is 2.32. The van der Waals surface area contributed by atoms with E-state index in [2.05, 4.69) is 0 Å². The molecule has 0 aromatic heterocycles. The number of carbonyl (C=O) groups is 1. The van der Waals surface area contributed by atoms with E-state index in [0.29, 0.717) is 13.0 Å². The molecule has 11 heavy (non-hydrogen) atoms. The third kappa shape index (κ3) is 2.06. The minimum Gasteiger partial charge on any atom is -0.465 e. The number of rotatable bonds is 0. The molecular formula is C6H11NO4. The molecule has 1 amide bonds. The molecule has 0 spiro atoms. The Labute approximate surface area is 63.9 Å². The number of carboxylic acid groups (broad SMARTS) is 1. The third-order valence-corrected chi connectivity index (χ3v) is 1.72. The summed E-state index contributed by atoms with van der Waals surface area (Å²) in [6, 6.07) is 0. The second-order valence-corrected chi connectivity index (χ2v) is 2.79. The molecule has 1 aliphatic rings. The lowest BCUT2D eigenvalue weighted by molar-refractivity contribution is -0.188. The zero-order chi connectivity index (χ0) is 8.48. The van der Waals surface area contributed by atoms with Crippen LogP contribution in [-0.4, -0.2) is 45.2 Å². The summed E-state index contributed by atoms with van der Waals surface area (Å²) in [7, 11) is 0. The van der Waals surface area contributed by atoms with Crippen LogP contribution in [0.2, 0.25) is 0 Å². The molecule has 1 aliphatic heterocycles. The summed E-state index contributed by atoms with van der Waals surface area (Å²) in [6.45, 7) is 0.181. The van der Waals surface area contributed by atoms with Crippen molar-refractivity contribution in [3.8, 4) is 0 Å². The quantitative estimate of drug-likeness (QED) is 0.416. The summed E-state index contributed by atoms with van der Waals surface area (Å²) >= 11 is 0. The summed E-state index contributed by atoms with van der Waals surface area (Å²) < 4.78 is 0. The molecular weight excluding hydrogens is 150 g/mol. The Kier molecular flexibility index (Phi) is 2.01. The number of hydrogen-bond acceptors (Lipinski definition) is 3. The van der Waals surface area contributed by atoms with Gasteiger partial charge in [-0.2, -0.15) is 0 Å². The molecule has 1 rings (SSSR count). The molecule has 0 radical (unpaired) electrons. The van der Waals surface area contributed by atoms with Crippen molar-refractivity contribution in [3.63, 3.8) is 0 Å². The van der Waals surface area contributed by atoms with E-state index in [1.165, 1.54) is 0 Å². The number of nitrogens with zero attached hydrogens (tertiary/aromatic N) is 1. The van der Waals surface area contributed by atoms with Crippen LogP contribution in [0.5, 0.6) is 0 Å². The molecule has 1 saturated heterocycles. The second-order valence-electron chi connectivity index (χ2n) is 2.79. The van der Waals surface area contributed by atoms with Gasteiger partial charge in [-0.1, -0.05) is 0 Å². The van der Waals surface area contributed by atoms with Gasteiger partial charge < -0.3 is 20.2 Å². The Morgan fingerprint density at radius 3 is 2.45 bits per heavy atom. The first kappa shape index (κ1) is 8.29. The maximum atomic E-state index is 10.3. The van der Waals surface area contributed by atoms with Crippen LogP contribution in [0.15, 0.2) is 0 Å². The lowest BCUT2D eigenvalue weighted by Crippen LogP contribution is -2.49. The highest BCUT2D eigenvalue weighted by molar-refractivity contribution is 5.65. The number of aliphatic hydroxyl groups is 2. The maximum absolute atomic E-state index is 10.3. The van der Waals surface area contributed by atoms with Crippen molar-refractivity contribution in [1.82, 2.24) is 4.90 Å². The average molecular weight is 161 g/mol. The predicted octanol–water partition coefficient (Wildman–Crippen LogP) is -0.559. The molecule has 5 heteroatoms. The standard InChI is InChI=1S/C6H11NO4/c8-5(9)7-3-1-2-6(10,11)4-7/h10-11H,1-4H2,(H,8,9). The number of β-amino-alcohol motifs (C(OH)–C–C–N with tert-alkyl or cyclic N) is 2. The van der Waals surface area contributed by atoms with Gasteiger partial charge in [-0.15, -0.1) is 0 Å². The van der Waals surface area contributed by atoms with Gasteiger partial charge in [0.25, 0.3) is 0 Å². The Hall–Kier alpha value is -0.810. The minimum absolute atomic E-state index is 0.206. The monoisotopic (exact) mass is 161 g/mol. The summed E-state index contributed by atoms with van der Waals surface area (Å²) in [5, 5.41) is 26.6. The van der Waals surface area contributed by atoms with E-state index >= 15 is 0 Å². The van der Waals surface area contributed by atoms with Crippen LogP contribution in [0, 0.1) is 0 Å². The highest BCUT2D eigenvalue weighted by Crippen LogP contribution is 2.17. The summed E-state index contributed by atoms with van der Waals surface area (Å²) in [5.74, 6) is -1.82. The van der Waals surface area contributed by atoms with Gasteiger partial charge in [-0.3, -0.25) is 0 Å². The van der Waals surface area contributed by atoms with E-state index in [1.54, 1.807) is 0 Å². The van der Waals surface area contributed by atoms with Gasteiger partial charge in [0.1, 0.15) is 0 Å². The predicted molar refractivity (Wildman–Crippen MR) is 36.0 cm³/mol. The van der Waals surface area contributed by atoms with Gasteiger partial charge in [0.15, 0.2) is 5.79 Å². The topological polar surface area (TPSA) is 81.0 Å². The lowest BCUT2D eigenvalue weighted by Gasteiger charge is -2.33. The third-order valence-electron chi connectivity index (χ3n) is 1.72. The number of hydrogen-bond donors (Lipinski definition) is 3. The fourth-order valence-electron chi connectivity index (χ4n) is 1.18. The van der Waals surface area contributed by atoms with Crippen LogP contribution >= 0.6 is 0 Å². The van der Waals surface area contributed by atoms with E-state index in [4.69, 9.17) is 15.3 Å². The molecule has 0 bridgehead atoms. The van der Waals surface area contributed by atoms with Gasteiger partial charge >= 0.3 is 6.09 Å². The van der Waals surface area contributed by atoms with Crippen LogP contribution in [0.1, 0.15) is 12.8 Å². The van der Waals surface area contributed by atoms with Gasteiger partial charge in [-0.05, 0) is 6.42 Å².